The molecule has 2 amide bonds. The second-order valence-electron chi connectivity index (χ2n) is 3.70. The van der Waals surface area contributed by atoms with Crippen LogP contribution in [0.1, 0.15) is 10.4 Å². The quantitative estimate of drug-likeness (QED) is 0.366. The molecule has 5 N–H and O–H groups in total. The minimum Gasteiger partial charge on any atom is -0.445 e. The van der Waals surface area contributed by atoms with Crippen LogP contribution in [0.25, 0.3) is 0 Å². The highest BCUT2D eigenvalue weighted by Gasteiger charge is 2.17. The van der Waals surface area contributed by atoms with Crippen molar-refractivity contribution in [2.45, 2.75) is 0 Å². The van der Waals surface area contributed by atoms with E-state index in [-0.39, 0.29) is 30.2 Å². The summed E-state index contributed by atoms with van der Waals surface area (Å²) in [5.74, 6) is -0.814. The SMILES string of the molecule is NC(=O)OCC=CCNc1ncc(C(N)=O)cc1[N+](=O)[O-]. The van der Waals surface area contributed by atoms with Crippen LogP contribution in [0.2, 0.25) is 0 Å². The molecule has 0 bridgehead atoms. The molecule has 0 aromatic carbocycles. The number of hydrogen-bond acceptors (Lipinski definition) is 7. The number of ether oxygens (including phenoxy) is 1. The number of rotatable bonds is 7. The molecule has 0 spiro atoms. The molecule has 10 heteroatoms. The Bertz CT molecular complexity index is 586. The number of nitro groups is 1. The maximum absolute atomic E-state index is 11.0. The minimum absolute atomic E-state index is 0.00680. The van der Waals surface area contributed by atoms with Gasteiger partial charge in [-0.05, 0) is 6.08 Å². The first-order valence-electron chi connectivity index (χ1n) is 5.67. The van der Waals surface area contributed by atoms with Crippen molar-refractivity contribution in [1.82, 2.24) is 4.98 Å². The van der Waals surface area contributed by atoms with E-state index in [0.29, 0.717) is 0 Å². The number of primary amides is 2. The summed E-state index contributed by atoms with van der Waals surface area (Å²) in [7, 11) is 0. The Balaban J connectivity index is 2.68. The monoisotopic (exact) mass is 295 g/mol. The standard InChI is InChI=1S/C11H13N5O5/c12-9(17)7-5-8(16(19)20)10(15-6-7)14-3-1-2-4-21-11(13)18/h1-2,5-6H,3-4H2,(H2,12,17)(H2,13,18)(H,14,15). The van der Waals surface area contributed by atoms with Crippen molar-refractivity contribution in [1.29, 1.82) is 0 Å². The lowest BCUT2D eigenvalue weighted by Crippen LogP contribution is -2.13. The van der Waals surface area contributed by atoms with Crippen LogP contribution in [-0.4, -0.2) is 35.1 Å². The smallest absolute Gasteiger partial charge is 0.404 e. The van der Waals surface area contributed by atoms with Crippen LogP contribution >= 0.6 is 0 Å². The summed E-state index contributed by atoms with van der Waals surface area (Å²) in [4.78, 5) is 35.2. The van der Waals surface area contributed by atoms with E-state index in [0.717, 1.165) is 12.3 Å². The second-order valence-corrected chi connectivity index (χ2v) is 3.70. The van der Waals surface area contributed by atoms with Gasteiger partial charge in [-0.2, -0.15) is 0 Å². The Morgan fingerprint density at radius 3 is 2.71 bits per heavy atom. The van der Waals surface area contributed by atoms with E-state index in [1.54, 1.807) is 6.08 Å². The number of nitrogens with zero attached hydrogens (tertiary/aromatic N) is 2. The van der Waals surface area contributed by atoms with Gasteiger partial charge in [-0.25, -0.2) is 9.78 Å². The van der Waals surface area contributed by atoms with Crippen molar-refractivity contribution in [3.63, 3.8) is 0 Å². The van der Waals surface area contributed by atoms with Crippen molar-refractivity contribution in [2.75, 3.05) is 18.5 Å². The normalized spacial score (nSPS) is 10.3. The van der Waals surface area contributed by atoms with Crippen LogP contribution in [0.15, 0.2) is 24.4 Å². The molecule has 10 nitrogen and oxygen atoms in total. The third-order valence-electron chi connectivity index (χ3n) is 2.22. The number of aromatic nitrogens is 1. The molecule has 1 rings (SSSR count). The fraction of sp³-hybridized carbons (Fsp3) is 0.182. The first kappa shape index (κ1) is 15.9. The van der Waals surface area contributed by atoms with Crippen LogP contribution in [0, 0.1) is 10.1 Å². The highest BCUT2D eigenvalue weighted by Crippen LogP contribution is 2.22. The predicted octanol–water partition coefficient (Wildman–Crippen LogP) is 0.152. The van der Waals surface area contributed by atoms with Crippen molar-refractivity contribution in [2.24, 2.45) is 11.5 Å². The van der Waals surface area contributed by atoms with E-state index >= 15 is 0 Å². The van der Waals surface area contributed by atoms with Gasteiger partial charge in [0.15, 0.2) is 0 Å². The van der Waals surface area contributed by atoms with E-state index < -0.39 is 16.9 Å². The fourth-order valence-electron chi connectivity index (χ4n) is 1.30. The van der Waals surface area contributed by atoms with Gasteiger partial charge in [0.2, 0.25) is 5.82 Å². The summed E-state index contributed by atoms with van der Waals surface area (Å²) in [5.41, 5.74) is 9.36. The van der Waals surface area contributed by atoms with Gasteiger partial charge in [-0.15, -0.1) is 0 Å². The molecule has 0 saturated carbocycles. The van der Waals surface area contributed by atoms with Gasteiger partial charge in [0.1, 0.15) is 6.61 Å². The van der Waals surface area contributed by atoms with E-state index in [1.807, 2.05) is 0 Å². The average Bonchev–Trinajstić information content (AvgIpc) is 2.42. The summed E-state index contributed by atoms with van der Waals surface area (Å²) in [5, 5.41) is 13.6. The Kier molecular flexibility index (Phi) is 5.62. The largest absolute Gasteiger partial charge is 0.445 e. The van der Waals surface area contributed by atoms with E-state index in [9.17, 15) is 19.7 Å². The molecule has 1 aromatic rings. The van der Waals surface area contributed by atoms with Crippen molar-refractivity contribution < 1.29 is 19.2 Å². The fourth-order valence-corrected chi connectivity index (χ4v) is 1.30. The van der Waals surface area contributed by atoms with Crippen LogP contribution in [0.3, 0.4) is 0 Å². The van der Waals surface area contributed by atoms with Crippen molar-refractivity contribution in [3.05, 3.63) is 40.1 Å². The summed E-state index contributed by atoms with van der Waals surface area (Å²) < 4.78 is 4.45. The van der Waals surface area contributed by atoms with E-state index in [2.05, 4.69) is 15.0 Å². The van der Waals surface area contributed by atoms with E-state index in [4.69, 9.17) is 11.5 Å². The zero-order chi connectivity index (χ0) is 15.8. The summed E-state index contributed by atoms with van der Waals surface area (Å²) >= 11 is 0. The number of anilines is 1. The predicted molar refractivity (Wildman–Crippen MR) is 72.6 cm³/mol. The zero-order valence-corrected chi connectivity index (χ0v) is 10.8. The molecule has 0 unspecified atom stereocenters. The highest BCUT2D eigenvalue weighted by molar-refractivity contribution is 5.93. The molecule has 21 heavy (non-hydrogen) atoms. The van der Waals surface area contributed by atoms with E-state index in [1.165, 1.54) is 6.08 Å². The number of nitrogens with one attached hydrogen (secondary N) is 1. The topological polar surface area (TPSA) is 163 Å². The van der Waals surface area contributed by atoms with Gasteiger partial charge in [-0.1, -0.05) is 6.08 Å². The Labute approximate surface area is 118 Å². The van der Waals surface area contributed by atoms with Gasteiger partial charge < -0.3 is 21.5 Å². The highest BCUT2D eigenvalue weighted by atomic mass is 16.6. The Morgan fingerprint density at radius 2 is 2.14 bits per heavy atom. The lowest BCUT2D eigenvalue weighted by Gasteiger charge is -2.04. The summed E-state index contributed by atoms with van der Waals surface area (Å²) in [6.07, 6.45) is 3.31. The Morgan fingerprint density at radius 1 is 1.43 bits per heavy atom. The van der Waals surface area contributed by atoms with Crippen LogP contribution in [0.4, 0.5) is 16.3 Å². The second kappa shape index (κ2) is 7.43. The van der Waals surface area contributed by atoms with Crippen LogP contribution < -0.4 is 16.8 Å². The van der Waals surface area contributed by atoms with Gasteiger partial charge in [0.05, 0.1) is 10.5 Å². The molecule has 0 aliphatic heterocycles. The number of amides is 2. The van der Waals surface area contributed by atoms with Gasteiger partial charge >= 0.3 is 11.8 Å². The van der Waals surface area contributed by atoms with Crippen LogP contribution in [0.5, 0.6) is 0 Å². The minimum atomic E-state index is -0.896. The van der Waals surface area contributed by atoms with Crippen molar-refractivity contribution >= 4 is 23.5 Å². The van der Waals surface area contributed by atoms with Gasteiger partial charge in [0, 0.05) is 18.8 Å². The lowest BCUT2D eigenvalue weighted by atomic mass is 10.2. The lowest BCUT2D eigenvalue weighted by molar-refractivity contribution is -0.384. The molecule has 112 valence electrons. The third-order valence-corrected chi connectivity index (χ3v) is 2.22. The first-order chi connectivity index (χ1) is 9.91. The molecule has 0 saturated heterocycles. The summed E-state index contributed by atoms with van der Waals surface area (Å²) in [6.45, 7) is 0.193. The average molecular weight is 295 g/mol. The molecule has 1 aromatic heterocycles. The maximum atomic E-state index is 11.0. The molecule has 0 radical (unpaired) electrons. The van der Waals surface area contributed by atoms with Crippen molar-refractivity contribution in [3.8, 4) is 0 Å². The Hall–Kier alpha value is -3.17. The number of pyridine rings is 1. The third kappa shape index (κ3) is 5.14. The number of carbonyl (C=O) groups is 2. The first-order valence-corrected chi connectivity index (χ1v) is 5.67. The van der Waals surface area contributed by atoms with Crippen LogP contribution in [-0.2, 0) is 4.74 Å². The number of carbonyl (C=O) groups excluding carboxylic acids is 2. The molecular formula is C11H13N5O5. The van der Waals surface area contributed by atoms with Gasteiger partial charge in [0.25, 0.3) is 5.91 Å². The number of nitrogens with two attached hydrogens (primary N) is 2. The van der Waals surface area contributed by atoms with Gasteiger partial charge in [-0.3, -0.25) is 14.9 Å². The summed E-state index contributed by atoms with van der Waals surface area (Å²) in [6, 6.07) is 1.04. The zero-order valence-electron chi connectivity index (χ0n) is 10.8. The molecule has 1 heterocycles. The molecule has 0 aliphatic carbocycles. The molecule has 0 fully saturated rings. The number of hydrogen-bond donors (Lipinski definition) is 3. The molecule has 0 aliphatic rings. The maximum Gasteiger partial charge on any atom is 0.404 e. The molecule has 0 atom stereocenters. The molecular weight excluding hydrogens is 282 g/mol.